The minimum Gasteiger partial charge on any atom is -0.367 e. The Morgan fingerprint density at radius 1 is 1.00 bits per heavy atom. The van der Waals surface area contributed by atoms with Crippen LogP contribution in [-0.2, 0) is 9.84 Å². The van der Waals surface area contributed by atoms with Gasteiger partial charge in [-0.05, 0) is 25.5 Å². The maximum atomic E-state index is 11.4. The summed E-state index contributed by atoms with van der Waals surface area (Å²) in [6.07, 6.45) is 1.78. The van der Waals surface area contributed by atoms with Crippen molar-refractivity contribution in [2.45, 2.75) is 19.4 Å². The maximum Gasteiger partial charge on any atom is 0.162 e. The van der Waals surface area contributed by atoms with E-state index in [1.807, 2.05) is 61.5 Å². The van der Waals surface area contributed by atoms with Gasteiger partial charge in [0.15, 0.2) is 5.82 Å². The number of rotatable bonds is 6. The number of hydrogen-bond acceptors (Lipinski definition) is 5. The highest BCUT2D eigenvalue weighted by Crippen LogP contribution is 2.25. The Hall–Kier alpha value is -2.47. The number of sulfone groups is 1. The SMILES string of the molecule is CC(CCS(C)(=O)=O)Nc1nc(-c2ccccc2)nc2ccccc12. The molecular weight excluding hydrogens is 334 g/mol. The van der Waals surface area contributed by atoms with Crippen LogP contribution in [-0.4, -0.2) is 36.4 Å². The monoisotopic (exact) mass is 355 g/mol. The third-order valence-electron chi connectivity index (χ3n) is 3.94. The average molecular weight is 355 g/mol. The quantitative estimate of drug-likeness (QED) is 0.732. The predicted molar refractivity (Wildman–Crippen MR) is 102 cm³/mol. The Morgan fingerprint density at radius 3 is 2.40 bits per heavy atom. The van der Waals surface area contributed by atoms with Gasteiger partial charge in [-0.1, -0.05) is 42.5 Å². The molecule has 6 heteroatoms. The van der Waals surface area contributed by atoms with Gasteiger partial charge in [-0.15, -0.1) is 0 Å². The summed E-state index contributed by atoms with van der Waals surface area (Å²) in [4.78, 5) is 9.34. The van der Waals surface area contributed by atoms with Crippen LogP contribution in [0.25, 0.3) is 22.3 Å². The van der Waals surface area contributed by atoms with E-state index in [1.54, 1.807) is 0 Å². The van der Waals surface area contributed by atoms with Crippen molar-refractivity contribution in [3.8, 4) is 11.4 Å². The third kappa shape index (κ3) is 4.54. The van der Waals surface area contributed by atoms with Crippen molar-refractivity contribution in [2.24, 2.45) is 0 Å². The molecule has 130 valence electrons. The Kier molecular flexibility index (Phi) is 4.99. The number of hydrogen-bond donors (Lipinski definition) is 1. The lowest BCUT2D eigenvalue weighted by Crippen LogP contribution is -2.20. The highest BCUT2D eigenvalue weighted by molar-refractivity contribution is 7.90. The molecule has 3 aromatic rings. The molecule has 0 aliphatic carbocycles. The molecule has 0 saturated carbocycles. The summed E-state index contributed by atoms with van der Waals surface area (Å²) in [6.45, 7) is 1.96. The van der Waals surface area contributed by atoms with Crippen molar-refractivity contribution in [1.29, 1.82) is 0 Å². The van der Waals surface area contributed by atoms with Gasteiger partial charge in [0.1, 0.15) is 15.7 Å². The molecule has 0 amide bonds. The summed E-state index contributed by atoms with van der Waals surface area (Å²) in [5, 5.41) is 4.28. The largest absolute Gasteiger partial charge is 0.367 e. The molecule has 2 aromatic carbocycles. The Morgan fingerprint density at radius 2 is 1.68 bits per heavy atom. The first-order chi connectivity index (χ1) is 11.9. The standard InChI is InChI=1S/C19H21N3O2S/c1-14(12-13-25(2,23)24)20-19-16-10-6-7-11-17(16)21-18(22-19)15-8-4-3-5-9-15/h3-11,14H,12-13H2,1-2H3,(H,20,21,22). The zero-order valence-corrected chi connectivity index (χ0v) is 15.1. The summed E-state index contributed by atoms with van der Waals surface area (Å²) < 4.78 is 22.8. The second-order valence-corrected chi connectivity index (χ2v) is 8.50. The van der Waals surface area contributed by atoms with Crippen molar-refractivity contribution in [1.82, 2.24) is 9.97 Å². The summed E-state index contributed by atoms with van der Waals surface area (Å²) in [5.41, 5.74) is 1.80. The molecule has 0 saturated heterocycles. The van der Waals surface area contributed by atoms with Crippen LogP contribution in [0.5, 0.6) is 0 Å². The fraction of sp³-hybridized carbons (Fsp3) is 0.263. The summed E-state index contributed by atoms with van der Waals surface area (Å²) in [5.74, 6) is 1.53. The van der Waals surface area contributed by atoms with Gasteiger partial charge in [-0.2, -0.15) is 0 Å². The Labute approximate surface area is 148 Å². The van der Waals surface area contributed by atoms with E-state index in [1.165, 1.54) is 6.26 Å². The van der Waals surface area contributed by atoms with Crippen molar-refractivity contribution < 1.29 is 8.42 Å². The molecule has 0 aliphatic rings. The minimum absolute atomic E-state index is 0.0170. The maximum absolute atomic E-state index is 11.4. The molecule has 1 unspecified atom stereocenters. The molecular formula is C19H21N3O2S. The van der Waals surface area contributed by atoms with Crippen molar-refractivity contribution in [2.75, 3.05) is 17.3 Å². The van der Waals surface area contributed by atoms with Gasteiger partial charge in [0.05, 0.1) is 11.3 Å². The molecule has 1 N–H and O–H groups in total. The molecule has 0 radical (unpaired) electrons. The molecule has 3 rings (SSSR count). The van der Waals surface area contributed by atoms with Crippen LogP contribution in [0.2, 0.25) is 0 Å². The second kappa shape index (κ2) is 7.19. The summed E-state index contributed by atoms with van der Waals surface area (Å²) >= 11 is 0. The first-order valence-electron chi connectivity index (χ1n) is 8.19. The smallest absolute Gasteiger partial charge is 0.162 e. The number of para-hydroxylation sites is 1. The molecule has 1 heterocycles. The van der Waals surface area contributed by atoms with Gasteiger partial charge in [0, 0.05) is 23.2 Å². The molecule has 1 atom stereocenters. The number of anilines is 1. The van der Waals surface area contributed by atoms with Gasteiger partial charge in [-0.3, -0.25) is 0 Å². The van der Waals surface area contributed by atoms with Gasteiger partial charge in [0.2, 0.25) is 0 Å². The number of fused-ring (bicyclic) bond motifs is 1. The van der Waals surface area contributed by atoms with Gasteiger partial charge >= 0.3 is 0 Å². The van der Waals surface area contributed by atoms with Crippen molar-refractivity contribution >= 4 is 26.6 Å². The summed E-state index contributed by atoms with van der Waals surface area (Å²) in [6, 6.07) is 17.6. The number of benzene rings is 2. The molecule has 0 aliphatic heterocycles. The first kappa shape index (κ1) is 17.4. The van der Waals surface area contributed by atoms with E-state index in [9.17, 15) is 8.42 Å². The van der Waals surface area contributed by atoms with Crippen LogP contribution in [0.4, 0.5) is 5.82 Å². The number of nitrogens with zero attached hydrogens (tertiary/aromatic N) is 2. The van der Waals surface area contributed by atoms with Crippen molar-refractivity contribution in [3.05, 3.63) is 54.6 Å². The normalized spacial score (nSPS) is 12.9. The van der Waals surface area contributed by atoms with Crippen LogP contribution in [0.1, 0.15) is 13.3 Å². The Bertz CT molecular complexity index is 972. The van der Waals surface area contributed by atoms with Crippen LogP contribution >= 0.6 is 0 Å². The van der Waals surface area contributed by atoms with Crippen molar-refractivity contribution in [3.63, 3.8) is 0 Å². The molecule has 0 spiro atoms. The lowest BCUT2D eigenvalue weighted by molar-refractivity contribution is 0.595. The van der Waals surface area contributed by atoms with Crippen LogP contribution < -0.4 is 5.32 Å². The van der Waals surface area contributed by atoms with E-state index in [2.05, 4.69) is 15.3 Å². The molecule has 5 nitrogen and oxygen atoms in total. The predicted octanol–water partition coefficient (Wildman–Crippen LogP) is 3.53. The fourth-order valence-electron chi connectivity index (χ4n) is 2.60. The van der Waals surface area contributed by atoms with E-state index in [-0.39, 0.29) is 11.8 Å². The average Bonchev–Trinajstić information content (AvgIpc) is 2.60. The molecule has 25 heavy (non-hydrogen) atoms. The minimum atomic E-state index is -2.98. The zero-order chi connectivity index (χ0) is 17.9. The first-order valence-corrected chi connectivity index (χ1v) is 10.2. The zero-order valence-electron chi connectivity index (χ0n) is 14.3. The highest BCUT2D eigenvalue weighted by atomic mass is 32.2. The second-order valence-electron chi connectivity index (χ2n) is 6.24. The van der Waals surface area contributed by atoms with Crippen LogP contribution in [0.15, 0.2) is 54.6 Å². The van der Waals surface area contributed by atoms with E-state index < -0.39 is 9.84 Å². The summed E-state index contributed by atoms with van der Waals surface area (Å²) in [7, 11) is -2.98. The number of aromatic nitrogens is 2. The van der Waals surface area contributed by atoms with E-state index in [4.69, 9.17) is 0 Å². The van der Waals surface area contributed by atoms with E-state index >= 15 is 0 Å². The number of nitrogens with one attached hydrogen (secondary N) is 1. The fourth-order valence-corrected chi connectivity index (χ4v) is 3.38. The van der Waals surface area contributed by atoms with E-state index in [0.717, 1.165) is 22.3 Å². The van der Waals surface area contributed by atoms with Gasteiger partial charge in [0.25, 0.3) is 0 Å². The van der Waals surface area contributed by atoms with Gasteiger partial charge < -0.3 is 5.32 Å². The van der Waals surface area contributed by atoms with E-state index in [0.29, 0.717) is 12.2 Å². The third-order valence-corrected chi connectivity index (χ3v) is 4.92. The lowest BCUT2D eigenvalue weighted by atomic mass is 10.1. The lowest BCUT2D eigenvalue weighted by Gasteiger charge is -2.16. The molecule has 1 aromatic heterocycles. The molecule has 0 bridgehead atoms. The Balaban J connectivity index is 1.95. The van der Waals surface area contributed by atoms with Crippen LogP contribution in [0.3, 0.4) is 0 Å². The highest BCUT2D eigenvalue weighted by Gasteiger charge is 2.13. The van der Waals surface area contributed by atoms with Gasteiger partial charge in [-0.25, -0.2) is 18.4 Å². The van der Waals surface area contributed by atoms with Crippen LogP contribution in [0, 0.1) is 0 Å². The topological polar surface area (TPSA) is 72.0 Å². The molecule has 0 fully saturated rings.